The molecule has 0 bridgehead atoms. The van der Waals surface area contributed by atoms with Crippen molar-refractivity contribution in [2.24, 2.45) is 35.0 Å². The minimum Gasteiger partial charge on any atom is -0.487 e. The standard InChI is InChI=1S/C37H44N4O3/c1-23-12-15-37(43-21-23)24(2)35-34(44-37)17-33-32-10-8-27-16-29(9-11-30(27)31(32)13-14-36(33,35)3)42-22-28-20-41(40-39-28)19-26-6-4-25(18-38)5-7-26/h4-7,9,11,16,20,23-24,31-35H,8,10,12-15,17,19,21-22H2,1-3H3/t23-,24+,31-,32-,33+,34+,35+,36+,37-/m1/s1. The summed E-state index contributed by atoms with van der Waals surface area (Å²) in [6, 6.07) is 16.5. The second-order valence-electron chi connectivity index (χ2n) is 14.8. The van der Waals surface area contributed by atoms with Crippen LogP contribution in [-0.2, 0) is 29.0 Å². The molecule has 2 saturated heterocycles. The Bertz CT molecular complexity index is 1570. The Morgan fingerprint density at radius 1 is 1.09 bits per heavy atom. The summed E-state index contributed by atoms with van der Waals surface area (Å²) in [4.78, 5) is 0. The molecule has 8 rings (SSSR count). The van der Waals surface area contributed by atoms with E-state index in [-0.39, 0.29) is 5.79 Å². The zero-order valence-electron chi connectivity index (χ0n) is 26.2. The molecule has 2 aliphatic heterocycles. The third kappa shape index (κ3) is 4.60. The number of hydrogen-bond acceptors (Lipinski definition) is 6. The average Bonchev–Trinajstić information content (AvgIpc) is 3.69. The Kier molecular flexibility index (Phi) is 6.88. The van der Waals surface area contributed by atoms with Gasteiger partial charge in [-0.25, -0.2) is 4.68 Å². The van der Waals surface area contributed by atoms with E-state index < -0.39 is 0 Å². The van der Waals surface area contributed by atoms with Gasteiger partial charge in [0.15, 0.2) is 5.79 Å². The number of nitriles is 1. The number of aryl methyl sites for hydroxylation is 1. The summed E-state index contributed by atoms with van der Waals surface area (Å²) in [7, 11) is 0. The highest BCUT2D eigenvalue weighted by molar-refractivity contribution is 5.41. The SMILES string of the molecule is C[C@@H]1CC[C@@]2(OC1)O[C@H]1C[C@H]3[C@@H]4CCc5cc(OCc6cn(Cc7ccc(C#N)cc7)nn6)ccc5[C@H]4CC[C@]3(C)[C@H]1[C@@H]2C. The zero-order chi connectivity index (χ0) is 30.1. The van der Waals surface area contributed by atoms with Gasteiger partial charge in [0.1, 0.15) is 18.1 Å². The van der Waals surface area contributed by atoms with Gasteiger partial charge in [-0.3, -0.25) is 0 Å². The number of ether oxygens (including phenoxy) is 3. The maximum atomic E-state index is 9.01. The lowest BCUT2D eigenvalue weighted by molar-refractivity contribution is -0.272. The predicted octanol–water partition coefficient (Wildman–Crippen LogP) is 7.04. The maximum Gasteiger partial charge on any atom is 0.171 e. The van der Waals surface area contributed by atoms with Gasteiger partial charge in [0.2, 0.25) is 0 Å². The van der Waals surface area contributed by atoms with Crippen molar-refractivity contribution in [1.29, 1.82) is 5.26 Å². The molecule has 0 unspecified atom stereocenters. The second kappa shape index (κ2) is 10.7. The zero-order valence-corrected chi connectivity index (χ0v) is 26.2. The summed E-state index contributed by atoms with van der Waals surface area (Å²) in [5.74, 6) is 4.42. The minimum atomic E-state index is -0.332. The second-order valence-corrected chi connectivity index (χ2v) is 14.8. The normalized spacial score (nSPS) is 37.1. The quantitative estimate of drug-likeness (QED) is 0.316. The first-order chi connectivity index (χ1) is 21.3. The molecule has 3 aromatic rings. The number of hydrogen-bond donors (Lipinski definition) is 0. The van der Waals surface area contributed by atoms with E-state index in [0.29, 0.717) is 53.9 Å². The Morgan fingerprint density at radius 3 is 2.75 bits per heavy atom. The van der Waals surface area contributed by atoms with Gasteiger partial charge in [0, 0.05) is 12.3 Å². The van der Waals surface area contributed by atoms with Crippen LogP contribution < -0.4 is 4.74 Å². The molecule has 2 saturated carbocycles. The minimum absolute atomic E-state index is 0.332. The molecule has 5 aliphatic rings. The smallest absolute Gasteiger partial charge is 0.171 e. The first-order valence-corrected chi connectivity index (χ1v) is 16.8. The molecule has 1 spiro atoms. The van der Waals surface area contributed by atoms with Crippen molar-refractivity contribution in [2.45, 2.75) is 96.7 Å². The van der Waals surface area contributed by atoms with Crippen molar-refractivity contribution >= 4 is 0 Å². The summed E-state index contributed by atoms with van der Waals surface area (Å²) >= 11 is 0. The first kappa shape index (κ1) is 28.3. The molecule has 7 nitrogen and oxygen atoms in total. The first-order valence-electron chi connectivity index (χ1n) is 16.8. The molecular formula is C37H44N4O3. The molecule has 230 valence electrons. The highest BCUT2D eigenvalue weighted by Crippen LogP contribution is 2.69. The number of rotatable bonds is 5. The summed E-state index contributed by atoms with van der Waals surface area (Å²) in [6.45, 7) is 9.20. The van der Waals surface area contributed by atoms with E-state index in [1.165, 1.54) is 37.7 Å². The van der Waals surface area contributed by atoms with Crippen LogP contribution in [0.3, 0.4) is 0 Å². The molecule has 0 amide bonds. The molecule has 44 heavy (non-hydrogen) atoms. The summed E-state index contributed by atoms with van der Waals surface area (Å²) in [6.07, 6.45) is 10.7. The van der Waals surface area contributed by atoms with Crippen molar-refractivity contribution < 1.29 is 14.2 Å². The van der Waals surface area contributed by atoms with Crippen molar-refractivity contribution in [2.75, 3.05) is 6.61 Å². The van der Waals surface area contributed by atoms with E-state index in [9.17, 15) is 0 Å². The van der Waals surface area contributed by atoms with Crippen LogP contribution in [0.5, 0.6) is 5.75 Å². The molecule has 1 aromatic heterocycles. The third-order valence-corrected chi connectivity index (χ3v) is 12.4. The fourth-order valence-electron chi connectivity index (χ4n) is 10.2. The fraction of sp³-hybridized carbons (Fsp3) is 0.595. The van der Waals surface area contributed by atoms with Gasteiger partial charge in [-0.05, 0) is 114 Å². The van der Waals surface area contributed by atoms with Crippen molar-refractivity contribution in [1.82, 2.24) is 15.0 Å². The molecule has 0 radical (unpaired) electrons. The Morgan fingerprint density at radius 2 is 1.95 bits per heavy atom. The fourth-order valence-corrected chi connectivity index (χ4v) is 10.2. The van der Waals surface area contributed by atoms with Crippen LogP contribution in [0.4, 0.5) is 0 Å². The topological polar surface area (TPSA) is 82.2 Å². The Labute approximate surface area is 260 Å². The highest BCUT2D eigenvalue weighted by atomic mass is 16.7. The maximum absolute atomic E-state index is 9.01. The van der Waals surface area contributed by atoms with Gasteiger partial charge in [-0.2, -0.15) is 5.26 Å². The van der Waals surface area contributed by atoms with Gasteiger partial charge in [0.05, 0.1) is 37.1 Å². The summed E-state index contributed by atoms with van der Waals surface area (Å²) < 4.78 is 21.5. The van der Waals surface area contributed by atoms with Crippen LogP contribution >= 0.6 is 0 Å². The van der Waals surface area contributed by atoms with E-state index in [2.05, 4.69) is 55.4 Å². The number of aromatic nitrogens is 3. The van der Waals surface area contributed by atoms with E-state index in [0.717, 1.165) is 48.3 Å². The van der Waals surface area contributed by atoms with Crippen LogP contribution in [0.2, 0.25) is 0 Å². The number of benzene rings is 2. The van der Waals surface area contributed by atoms with Crippen LogP contribution in [0.25, 0.3) is 0 Å². The lowest BCUT2D eigenvalue weighted by Crippen LogP contribution is -2.48. The molecular weight excluding hydrogens is 548 g/mol. The van der Waals surface area contributed by atoms with Gasteiger partial charge in [-0.15, -0.1) is 5.10 Å². The van der Waals surface area contributed by atoms with Crippen LogP contribution in [0.1, 0.15) is 93.2 Å². The van der Waals surface area contributed by atoms with Gasteiger partial charge in [-0.1, -0.05) is 44.2 Å². The molecule has 3 heterocycles. The summed E-state index contributed by atoms with van der Waals surface area (Å²) in [5.41, 5.74) is 5.91. The number of nitrogens with zero attached hydrogens (tertiary/aromatic N) is 4. The van der Waals surface area contributed by atoms with E-state index in [4.69, 9.17) is 19.5 Å². The Balaban J connectivity index is 0.919. The average molecular weight is 593 g/mol. The van der Waals surface area contributed by atoms with Crippen molar-refractivity contribution in [3.8, 4) is 11.8 Å². The third-order valence-electron chi connectivity index (χ3n) is 12.4. The van der Waals surface area contributed by atoms with E-state index in [1.807, 2.05) is 35.1 Å². The monoisotopic (exact) mass is 592 g/mol. The van der Waals surface area contributed by atoms with E-state index >= 15 is 0 Å². The van der Waals surface area contributed by atoms with Gasteiger partial charge in [0.25, 0.3) is 0 Å². The Hall–Kier alpha value is -3.21. The van der Waals surface area contributed by atoms with Crippen LogP contribution in [-0.4, -0.2) is 33.5 Å². The molecule has 3 aliphatic carbocycles. The van der Waals surface area contributed by atoms with Gasteiger partial charge >= 0.3 is 0 Å². The highest BCUT2D eigenvalue weighted by Gasteiger charge is 2.67. The molecule has 4 fully saturated rings. The molecule has 0 N–H and O–H groups in total. The number of fused-ring (bicyclic) bond motifs is 7. The molecule has 9 atom stereocenters. The van der Waals surface area contributed by atoms with E-state index in [1.54, 1.807) is 5.56 Å². The molecule has 7 heteroatoms. The van der Waals surface area contributed by atoms with Crippen molar-refractivity contribution in [3.63, 3.8) is 0 Å². The molecule has 2 aromatic carbocycles. The summed E-state index contributed by atoms with van der Waals surface area (Å²) in [5, 5.41) is 17.6. The largest absolute Gasteiger partial charge is 0.487 e. The lowest BCUT2D eigenvalue weighted by Gasteiger charge is -2.52. The lowest BCUT2D eigenvalue weighted by atomic mass is 9.53. The van der Waals surface area contributed by atoms with Gasteiger partial charge < -0.3 is 14.2 Å². The van der Waals surface area contributed by atoms with Crippen LogP contribution in [0, 0.1) is 46.3 Å². The predicted molar refractivity (Wildman–Crippen MR) is 166 cm³/mol. The van der Waals surface area contributed by atoms with Crippen molar-refractivity contribution in [3.05, 3.63) is 76.6 Å². The van der Waals surface area contributed by atoms with Crippen LogP contribution in [0.15, 0.2) is 48.7 Å².